The van der Waals surface area contributed by atoms with Crippen LogP contribution in [0.5, 0.6) is 11.5 Å². The standard InChI is InChI=1S/C28H23N3O6/c32-24(29-13-12-18-6-2-1-3-7-18)16-30-25-20-8-4-5-9-21(20)37-26(25)27(33)31(28(30)34)15-19-10-11-22-23(14-19)36-17-35-22/h1-11,14H,12-13,15-17H2,(H,29,32). The van der Waals surface area contributed by atoms with Crippen LogP contribution in [0.2, 0.25) is 0 Å². The van der Waals surface area contributed by atoms with Crippen molar-refractivity contribution in [1.29, 1.82) is 0 Å². The number of hydrogen-bond acceptors (Lipinski definition) is 6. The zero-order chi connectivity index (χ0) is 25.4. The molecule has 3 heterocycles. The second-order valence-corrected chi connectivity index (χ2v) is 8.81. The molecule has 5 aromatic rings. The van der Waals surface area contributed by atoms with Gasteiger partial charge in [0.2, 0.25) is 18.3 Å². The van der Waals surface area contributed by atoms with Gasteiger partial charge in [0.1, 0.15) is 17.6 Å². The van der Waals surface area contributed by atoms with E-state index in [0.717, 1.165) is 10.1 Å². The van der Waals surface area contributed by atoms with Crippen LogP contribution in [0.25, 0.3) is 22.1 Å². The lowest BCUT2D eigenvalue weighted by Gasteiger charge is -2.13. The van der Waals surface area contributed by atoms with Crippen molar-refractivity contribution in [3.63, 3.8) is 0 Å². The number of aromatic nitrogens is 2. The van der Waals surface area contributed by atoms with E-state index in [1.54, 1.807) is 42.5 Å². The Balaban J connectivity index is 1.37. The minimum atomic E-state index is -0.597. The highest BCUT2D eigenvalue weighted by molar-refractivity contribution is 6.02. The monoisotopic (exact) mass is 497 g/mol. The van der Waals surface area contributed by atoms with Crippen molar-refractivity contribution in [2.75, 3.05) is 13.3 Å². The van der Waals surface area contributed by atoms with E-state index < -0.39 is 11.2 Å². The Kier molecular flexibility index (Phi) is 5.72. The summed E-state index contributed by atoms with van der Waals surface area (Å²) in [6.07, 6.45) is 0.662. The van der Waals surface area contributed by atoms with Gasteiger partial charge in [-0.25, -0.2) is 4.79 Å². The van der Waals surface area contributed by atoms with Gasteiger partial charge in [-0.05, 0) is 41.8 Å². The number of furan rings is 1. The molecule has 9 heteroatoms. The van der Waals surface area contributed by atoms with Gasteiger partial charge in [0.05, 0.1) is 6.54 Å². The van der Waals surface area contributed by atoms with Crippen LogP contribution in [0.15, 0.2) is 86.8 Å². The summed E-state index contributed by atoms with van der Waals surface area (Å²) in [6.45, 7) is 0.269. The van der Waals surface area contributed by atoms with Gasteiger partial charge >= 0.3 is 5.69 Å². The van der Waals surface area contributed by atoms with Crippen LogP contribution in [-0.4, -0.2) is 28.4 Å². The van der Waals surface area contributed by atoms with Gasteiger partial charge in [0.25, 0.3) is 5.56 Å². The van der Waals surface area contributed by atoms with E-state index >= 15 is 0 Å². The molecule has 0 fully saturated rings. The largest absolute Gasteiger partial charge is 0.454 e. The number of carbonyl (C=O) groups is 1. The summed E-state index contributed by atoms with van der Waals surface area (Å²) in [6, 6.07) is 22.1. The highest BCUT2D eigenvalue weighted by Gasteiger charge is 2.22. The molecule has 0 radical (unpaired) electrons. The summed E-state index contributed by atoms with van der Waals surface area (Å²) >= 11 is 0. The Morgan fingerprint density at radius 3 is 2.51 bits per heavy atom. The first-order valence-electron chi connectivity index (χ1n) is 11.9. The van der Waals surface area contributed by atoms with E-state index in [9.17, 15) is 14.4 Å². The number of ether oxygens (including phenoxy) is 2. The lowest BCUT2D eigenvalue weighted by Crippen LogP contribution is -2.42. The van der Waals surface area contributed by atoms with Crippen LogP contribution in [-0.2, 0) is 24.3 Å². The van der Waals surface area contributed by atoms with Crippen molar-refractivity contribution in [1.82, 2.24) is 14.5 Å². The van der Waals surface area contributed by atoms with E-state index in [0.29, 0.717) is 46.5 Å². The fourth-order valence-electron chi connectivity index (χ4n) is 4.59. The Labute approximate surface area is 210 Å². The highest BCUT2D eigenvalue weighted by Crippen LogP contribution is 2.32. The molecule has 1 N–H and O–H groups in total. The van der Waals surface area contributed by atoms with Gasteiger partial charge in [-0.3, -0.25) is 18.7 Å². The minimum Gasteiger partial charge on any atom is -0.454 e. The number of amides is 1. The molecule has 1 aliphatic rings. The highest BCUT2D eigenvalue weighted by atomic mass is 16.7. The maximum absolute atomic E-state index is 13.7. The van der Waals surface area contributed by atoms with E-state index in [1.807, 2.05) is 30.3 Å². The number of rotatable bonds is 7. The van der Waals surface area contributed by atoms with Crippen LogP contribution in [0.4, 0.5) is 0 Å². The topological polar surface area (TPSA) is 105 Å². The van der Waals surface area contributed by atoms with Crippen LogP contribution in [0.1, 0.15) is 11.1 Å². The molecule has 0 unspecified atom stereocenters. The fraction of sp³-hybridized carbons (Fsp3) is 0.179. The molecular weight excluding hydrogens is 474 g/mol. The normalized spacial score (nSPS) is 12.3. The summed E-state index contributed by atoms with van der Waals surface area (Å²) in [7, 11) is 0. The van der Waals surface area contributed by atoms with Crippen molar-refractivity contribution in [2.24, 2.45) is 0 Å². The minimum absolute atomic E-state index is 0.0169. The molecule has 0 aliphatic carbocycles. The van der Waals surface area contributed by atoms with E-state index in [-0.39, 0.29) is 31.4 Å². The van der Waals surface area contributed by atoms with Gasteiger partial charge < -0.3 is 19.2 Å². The number of nitrogens with one attached hydrogen (secondary N) is 1. The summed E-state index contributed by atoms with van der Waals surface area (Å²) in [5, 5.41) is 3.47. The van der Waals surface area contributed by atoms with Crippen LogP contribution in [0, 0.1) is 0 Å². The summed E-state index contributed by atoms with van der Waals surface area (Å²) < 4.78 is 19.1. The number of para-hydroxylation sites is 1. The fourth-order valence-corrected chi connectivity index (χ4v) is 4.59. The zero-order valence-electron chi connectivity index (χ0n) is 19.8. The van der Waals surface area contributed by atoms with E-state index in [2.05, 4.69) is 5.32 Å². The van der Waals surface area contributed by atoms with Gasteiger partial charge in [0.15, 0.2) is 11.5 Å². The van der Waals surface area contributed by atoms with Crippen molar-refractivity contribution in [3.8, 4) is 11.5 Å². The molecule has 1 amide bonds. The molecule has 0 bridgehead atoms. The molecular formula is C28H23N3O6. The molecule has 1 aliphatic heterocycles. The smallest absolute Gasteiger partial charge is 0.332 e. The second-order valence-electron chi connectivity index (χ2n) is 8.81. The van der Waals surface area contributed by atoms with Gasteiger partial charge in [-0.15, -0.1) is 0 Å². The van der Waals surface area contributed by atoms with Crippen LogP contribution >= 0.6 is 0 Å². The predicted molar refractivity (Wildman–Crippen MR) is 137 cm³/mol. The predicted octanol–water partition coefficient (Wildman–Crippen LogP) is 3.05. The van der Waals surface area contributed by atoms with Crippen molar-refractivity contribution < 1.29 is 18.7 Å². The average Bonchev–Trinajstić information content (AvgIpc) is 3.54. The van der Waals surface area contributed by atoms with Crippen molar-refractivity contribution in [3.05, 3.63) is 105 Å². The zero-order valence-corrected chi connectivity index (χ0v) is 19.8. The number of fused-ring (bicyclic) bond motifs is 4. The lowest BCUT2D eigenvalue weighted by atomic mass is 10.1. The number of benzene rings is 3. The average molecular weight is 498 g/mol. The molecule has 0 saturated heterocycles. The van der Waals surface area contributed by atoms with Gasteiger partial charge in [-0.1, -0.05) is 48.5 Å². The number of carbonyl (C=O) groups excluding carboxylic acids is 1. The lowest BCUT2D eigenvalue weighted by molar-refractivity contribution is -0.121. The van der Waals surface area contributed by atoms with Gasteiger partial charge in [0, 0.05) is 11.9 Å². The molecule has 0 atom stereocenters. The Morgan fingerprint density at radius 2 is 1.65 bits per heavy atom. The third-order valence-corrected chi connectivity index (χ3v) is 6.40. The van der Waals surface area contributed by atoms with E-state index in [4.69, 9.17) is 13.9 Å². The SMILES string of the molecule is O=C(Cn1c(=O)n(Cc2ccc3c(c2)OCO3)c(=O)c2oc3ccccc3c21)NCCc1ccccc1. The van der Waals surface area contributed by atoms with Crippen molar-refractivity contribution >= 4 is 28.0 Å². The molecule has 37 heavy (non-hydrogen) atoms. The number of hydrogen-bond donors (Lipinski definition) is 1. The second kappa shape index (κ2) is 9.34. The summed E-state index contributed by atoms with van der Waals surface area (Å²) in [5.41, 5.74) is 1.42. The molecule has 0 saturated carbocycles. The quantitative estimate of drug-likeness (QED) is 0.371. The maximum atomic E-state index is 13.7. The molecule has 3 aromatic carbocycles. The van der Waals surface area contributed by atoms with Crippen molar-refractivity contribution in [2.45, 2.75) is 19.5 Å². The first-order valence-corrected chi connectivity index (χ1v) is 11.9. The van der Waals surface area contributed by atoms with Crippen LogP contribution < -0.4 is 26.0 Å². The third kappa shape index (κ3) is 4.24. The molecule has 2 aromatic heterocycles. The molecule has 6 rings (SSSR count). The summed E-state index contributed by atoms with van der Waals surface area (Å²) in [4.78, 5) is 40.0. The van der Waals surface area contributed by atoms with Crippen LogP contribution in [0.3, 0.4) is 0 Å². The number of nitrogens with zero attached hydrogens (tertiary/aromatic N) is 2. The first-order chi connectivity index (χ1) is 18.1. The Hall–Kier alpha value is -4.79. The molecule has 186 valence electrons. The van der Waals surface area contributed by atoms with E-state index in [1.165, 1.54) is 4.57 Å². The Bertz CT molecular complexity index is 1750. The first kappa shape index (κ1) is 22.7. The maximum Gasteiger partial charge on any atom is 0.332 e. The summed E-state index contributed by atoms with van der Waals surface area (Å²) in [5.74, 6) is 0.819. The Morgan fingerprint density at radius 1 is 0.865 bits per heavy atom. The molecule has 0 spiro atoms. The van der Waals surface area contributed by atoms with Gasteiger partial charge in [-0.2, -0.15) is 0 Å². The molecule has 9 nitrogen and oxygen atoms in total. The third-order valence-electron chi connectivity index (χ3n) is 6.40.